The molecule has 2 atom stereocenters. The Kier molecular flexibility index (Phi) is 5.41. The first kappa shape index (κ1) is 14.0. The lowest BCUT2D eigenvalue weighted by Gasteiger charge is -2.21. The van der Waals surface area contributed by atoms with Crippen molar-refractivity contribution in [3.63, 3.8) is 0 Å². The van der Waals surface area contributed by atoms with Crippen molar-refractivity contribution in [1.29, 1.82) is 0 Å². The van der Waals surface area contributed by atoms with Gasteiger partial charge in [-0.1, -0.05) is 19.8 Å². The van der Waals surface area contributed by atoms with Gasteiger partial charge in [-0.05, 0) is 26.2 Å². The summed E-state index contributed by atoms with van der Waals surface area (Å²) >= 11 is 0. The molecule has 0 saturated heterocycles. The normalized spacial score (nSPS) is 19.9. The van der Waals surface area contributed by atoms with E-state index in [-0.39, 0.29) is 12.0 Å². The Bertz CT molecular complexity index is 274. The maximum absolute atomic E-state index is 11.8. The van der Waals surface area contributed by atoms with E-state index in [0.717, 1.165) is 25.7 Å². The van der Waals surface area contributed by atoms with Gasteiger partial charge in [-0.2, -0.15) is 0 Å². The summed E-state index contributed by atoms with van der Waals surface area (Å²) in [5.74, 6) is -1.36. The van der Waals surface area contributed by atoms with Gasteiger partial charge in [0.05, 0.1) is 6.10 Å². The molecule has 1 rings (SSSR count). The third kappa shape index (κ3) is 4.34. The highest BCUT2D eigenvalue weighted by molar-refractivity contribution is 5.86. The van der Waals surface area contributed by atoms with Crippen molar-refractivity contribution in [2.45, 2.75) is 64.2 Å². The second-order valence-electron chi connectivity index (χ2n) is 4.51. The van der Waals surface area contributed by atoms with E-state index in [1.54, 1.807) is 0 Å². The Morgan fingerprint density at radius 1 is 1.41 bits per heavy atom. The molecule has 0 aromatic rings. The number of nitrogens with one attached hydrogen (secondary N) is 1. The van der Waals surface area contributed by atoms with E-state index in [0.29, 0.717) is 6.42 Å². The van der Waals surface area contributed by atoms with Crippen LogP contribution in [0.4, 0.5) is 0 Å². The van der Waals surface area contributed by atoms with Crippen LogP contribution in [0.1, 0.15) is 46.0 Å². The van der Waals surface area contributed by atoms with Crippen LogP contribution in [0.3, 0.4) is 0 Å². The summed E-state index contributed by atoms with van der Waals surface area (Å²) in [5, 5.41) is 11.2. The number of rotatable bonds is 6. The van der Waals surface area contributed by atoms with Crippen molar-refractivity contribution < 1.29 is 19.4 Å². The van der Waals surface area contributed by atoms with Crippen LogP contribution in [-0.2, 0) is 14.3 Å². The van der Waals surface area contributed by atoms with Gasteiger partial charge in [0.2, 0.25) is 5.91 Å². The summed E-state index contributed by atoms with van der Waals surface area (Å²) in [7, 11) is 0. The molecule has 1 fully saturated rings. The highest BCUT2D eigenvalue weighted by Gasteiger charge is 2.26. The predicted octanol–water partition coefficient (Wildman–Crippen LogP) is 1.31. The van der Waals surface area contributed by atoms with Crippen LogP contribution in [0.2, 0.25) is 0 Å². The van der Waals surface area contributed by atoms with Crippen molar-refractivity contribution in [2.75, 3.05) is 0 Å². The van der Waals surface area contributed by atoms with Crippen LogP contribution in [0.15, 0.2) is 0 Å². The number of carbonyl (C=O) groups is 2. The van der Waals surface area contributed by atoms with Crippen LogP contribution in [0, 0.1) is 0 Å². The average Bonchev–Trinajstić information content (AvgIpc) is 2.78. The van der Waals surface area contributed by atoms with Gasteiger partial charge in [0.15, 0.2) is 0 Å². The van der Waals surface area contributed by atoms with E-state index in [9.17, 15) is 9.59 Å². The van der Waals surface area contributed by atoms with E-state index in [1.165, 1.54) is 6.92 Å². The SMILES string of the molecule is CCC(OC1CCCC1)C(=O)N[C@@H](C)C(=O)O. The first-order valence-electron chi connectivity index (χ1n) is 6.23. The molecule has 1 amide bonds. The fourth-order valence-electron chi connectivity index (χ4n) is 1.97. The summed E-state index contributed by atoms with van der Waals surface area (Å²) in [5.41, 5.74) is 0. The van der Waals surface area contributed by atoms with Crippen LogP contribution in [-0.4, -0.2) is 35.2 Å². The molecule has 1 unspecified atom stereocenters. The lowest BCUT2D eigenvalue weighted by atomic mass is 10.2. The molecular formula is C12H21NO4. The lowest BCUT2D eigenvalue weighted by molar-refractivity contribution is -0.145. The molecule has 17 heavy (non-hydrogen) atoms. The minimum absolute atomic E-state index is 0.158. The number of amides is 1. The second kappa shape index (κ2) is 6.59. The predicted molar refractivity (Wildman–Crippen MR) is 62.7 cm³/mol. The second-order valence-corrected chi connectivity index (χ2v) is 4.51. The number of carbonyl (C=O) groups excluding carboxylic acids is 1. The Morgan fingerprint density at radius 3 is 2.47 bits per heavy atom. The largest absolute Gasteiger partial charge is 0.480 e. The van der Waals surface area contributed by atoms with Gasteiger partial charge in [0, 0.05) is 0 Å². The Balaban J connectivity index is 2.42. The molecule has 0 spiro atoms. The van der Waals surface area contributed by atoms with Gasteiger partial charge in [-0.3, -0.25) is 9.59 Å². The smallest absolute Gasteiger partial charge is 0.325 e. The van der Waals surface area contributed by atoms with E-state index in [2.05, 4.69) is 5.32 Å². The van der Waals surface area contributed by atoms with Gasteiger partial charge >= 0.3 is 5.97 Å². The number of carboxylic acid groups (broad SMARTS) is 1. The molecule has 2 N–H and O–H groups in total. The van der Waals surface area contributed by atoms with Crippen molar-refractivity contribution in [2.24, 2.45) is 0 Å². The molecule has 1 saturated carbocycles. The van der Waals surface area contributed by atoms with Crippen LogP contribution in [0.25, 0.3) is 0 Å². The van der Waals surface area contributed by atoms with Gasteiger partial charge in [-0.15, -0.1) is 0 Å². The van der Waals surface area contributed by atoms with E-state index in [1.807, 2.05) is 6.92 Å². The van der Waals surface area contributed by atoms with Crippen LogP contribution < -0.4 is 5.32 Å². The molecule has 0 aliphatic heterocycles. The Hall–Kier alpha value is -1.10. The zero-order chi connectivity index (χ0) is 12.8. The molecule has 5 nitrogen and oxygen atoms in total. The number of carboxylic acids is 1. The molecule has 0 bridgehead atoms. The Labute approximate surface area is 102 Å². The van der Waals surface area contributed by atoms with Crippen molar-refractivity contribution in [3.05, 3.63) is 0 Å². The van der Waals surface area contributed by atoms with E-state index >= 15 is 0 Å². The van der Waals surface area contributed by atoms with Gasteiger partial charge < -0.3 is 15.2 Å². The summed E-state index contributed by atoms with van der Waals surface area (Å²) in [4.78, 5) is 22.4. The molecule has 0 heterocycles. The third-order valence-electron chi connectivity index (χ3n) is 3.05. The standard InChI is InChI=1S/C12H21NO4/c1-3-10(17-9-6-4-5-7-9)11(14)13-8(2)12(15)16/h8-10H,3-7H2,1-2H3,(H,13,14)(H,15,16)/t8-,10?/m0/s1. The lowest BCUT2D eigenvalue weighted by Crippen LogP contribution is -2.45. The summed E-state index contributed by atoms with van der Waals surface area (Å²) < 4.78 is 5.70. The molecule has 0 aromatic carbocycles. The summed E-state index contributed by atoms with van der Waals surface area (Å²) in [6.07, 6.45) is 4.49. The van der Waals surface area contributed by atoms with Gasteiger partial charge in [0.25, 0.3) is 0 Å². The highest BCUT2D eigenvalue weighted by Crippen LogP contribution is 2.22. The minimum atomic E-state index is -1.03. The molecule has 1 aliphatic carbocycles. The maximum atomic E-state index is 11.8. The van der Waals surface area contributed by atoms with Crippen molar-refractivity contribution in [1.82, 2.24) is 5.32 Å². The van der Waals surface area contributed by atoms with Crippen molar-refractivity contribution in [3.8, 4) is 0 Å². The zero-order valence-electron chi connectivity index (χ0n) is 10.4. The number of ether oxygens (including phenoxy) is 1. The topological polar surface area (TPSA) is 75.6 Å². The monoisotopic (exact) mass is 243 g/mol. The van der Waals surface area contributed by atoms with Crippen LogP contribution >= 0.6 is 0 Å². The fourth-order valence-corrected chi connectivity index (χ4v) is 1.97. The first-order valence-corrected chi connectivity index (χ1v) is 6.23. The van der Waals surface area contributed by atoms with Gasteiger partial charge in [-0.25, -0.2) is 0 Å². The fraction of sp³-hybridized carbons (Fsp3) is 0.833. The quantitative estimate of drug-likeness (QED) is 0.737. The number of hydrogen-bond donors (Lipinski definition) is 2. The first-order chi connectivity index (χ1) is 8.04. The summed E-state index contributed by atoms with van der Waals surface area (Å²) in [6.45, 7) is 3.31. The minimum Gasteiger partial charge on any atom is -0.480 e. The van der Waals surface area contributed by atoms with Crippen molar-refractivity contribution >= 4 is 11.9 Å². The molecule has 0 aromatic heterocycles. The zero-order valence-corrected chi connectivity index (χ0v) is 10.4. The Morgan fingerprint density at radius 2 is 2.00 bits per heavy atom. The molecular weight excluding hydrogens is 222 g/mol. The maximum Gasteiger partial charge on any atom is 0.325 e. The van der Waals surface area contributed by atoms with Crippen LogP contribution in [0.5, 0.6) is 0 Å². The van der Waals surface area contributed by atoms with Gasteiger partial charge in [0.1, 0.15) is 12.1 Å². The van der Waals surface area contributed by atoms with E-state index in [4.69, 9.17) is 9.84 Å². The summed E-state index contributed by atoms with van der Waals surface area (Å²) in [6, 6.07) is -0.872. The van der Waals surface area contributed by atoms with E-state index < -0.39 is 18.1 Å². The third-order valence-corrected chi connectivity index (χ3v) is 3.05. The number of aliphatic carboxylic acids is 1. The number of hydrogen-bond acceptors (Lipinski definition) is 3. The molecule has 5 heteroatoms. The molecule has 0 radical (unpaired) electrons. The molecule has 98 valence electrons. The average molecular weight is 243 g/mol. The highest BCUT2D eigenvalue weighted by atomic mass is 16.5. The molecule has 1 aliphatic rings.